The zero-order chi connectivity index (χ0) is 9.10. The summed E-state index contributed by atoms with van der Waals surface area (Å²) in [6, 6.07) is 0. The van der Waals surface area contributed by atoms with Gasteiger partial charge >= 0.3 is 0 Å². The molecule has 1 aromatic rings. The molecule has 0 aromatic carbocycles. The van der Waals surface area contributed by atoms with Gasteiger partial charge in [-0.3, -0.25) is 0 Å². The third-order valence-corrected chi connectivity index (χ3v) is 2.69. The summed E-state index contributed by atoms with van der Waals surface area (Å²) >= 11 is 0. The first kappa shape index (κ1) is 8.62. The number of rotatable bonds is 2. The van der Waals surface area contributed by atoms with Crippen molar-refractivity contribution in [1.29, 1.82) is 0 Å². The molecule has 1 aromatic heterocycles. The quantitative estimate of drug-likeness (QED) is 0.737. The van der Waals surface area contributed by atoms with Crippen molar-refractivity contribution in [3.8, 4) is 0 Å². The molecule has 2 unspecified atom stereocenters. The van der Waals surface area contributed by atoms with Crippen LogP contribution in [-0.4, -0.2) is 33.8 Å². The first-order valence-electron chi connectivity index (χ1n) is 4.66. The van der Waals surface area contributed by atoms with E-state index < -0.39 is 0 Å². The molecule has 5 nitrogen and oxygen atoms in total. The van der Waals surface area contributed by atoms with Gasteiger partial charge in [0.25, 0.3) is 0 Å². The number of tetrazole rings is 1. The van der Waals surface area contributed by atoms with Crippen LogP contribution in [-0.2, 0) is 4.74 Å². The number of nitrogens with one attached hydrogen (secondary N) is 1. The standard InChI is InChI=1S/C8H14N4O/c1-13-7-4-2-3-6(5-7)8-9-11-12-10-8/h6-7H,2-5H2,1H3,(H,9,10,11,12). The van der Waals surface area contributed by atoms with Crippen molar-refractivity contribution >= 4 is 0 Å². The van der Waals surface area contributed by atoms with E-state index in [2.05, 4.69) is 20.6 Å². The maximum Gasteiger partial charge on any atom is 0.177 e. The van der Waals surface area contributed by atoms with Crippen molar-refractivity contribution in [2.75, 3.05) is 7.11 Å². The topological polar surface area (TPSA) is 63.7 Å². The molecule has 0 spiro atoms. The van der Waals surface area contributed by atoms with E-state index >= 15 is 0 Å². The lowest BCUT2D eigenvalue weighted by molar-refractivity contribution is 0.0624. The second kappa shape index (κ2) is 3.83. The molecular formula is C8H14N4O. The number of methoxy groups -OCH3 is 1. The Hall–Kier alpha value is -0.970. The van der Waals surface area contributed by atoms with E-state index in [1.54, 1.807) is 7.11 Å². The van der Waals surface area contributed by atoms with E-state index in [1.807, 2.05) is 0 Å². The van der Waals surface area contributed by atoms with Crippen LogP contribution >= 0.6 is 0 Å². The van der Waals surface area contributed by atoms with Gasteiger partial charge in [-0.15, -0.1) is 10.2 Å². The van der Waals surface area contributed by atoms with Crippen LogP contribution in [0.15, 0.2) is 0 Å². The molecule has 1 aliphatic rings. The molecule has 1 aliphatic carbocycles. The lowest BCUT2D eigenvalue weighted by Crippen LogP contribution is -2.21. The SMILES string of the molecule is COC1CCCC(c2nn[nH]n2)C1. The van der Waals surface area contributed by atoms with E-state index in [0.29, 0.717) is 12.0 Å². The maximum atomic E-state index is 5.33. The van der Waals surface area contributed by atoms with Crippen molar-refractivity contribution in [3.63, 3.8) is 0 Å². The Kier molecular flexibility index (Phi) is 2.54. The predicted molar refractivity (Wildman–Crippen MR) is 46.2 cm³/mol. The van der Waals surface area contributed by atoms with Crippen LogP contribution in [0.1, 0.15) is 37.4 Å². The molecule has 1 saturated carbocycles. The minimum atomic E-state index is 0.372. The van der Waals surface area contributed by atoms with Gasteiger partial charge in [-0.2, -0.15) is 5.21 Å². The second-order valence-corrected chi connectivity index (χ2v) is 3.49. The molecule has 2 atom stereocenters. The molecule has 0 aliphatic heterocycles. The Morgan fingerprint density at radius 2 is 2.38 bits per heavy atom. The van der Waals surface area contributed by atoms with Gasteiger partial charge < -0.3 is 4.74 Å². The molecule has 5 heteroatoms. The smallest absolute Gasteiger partial charge is 0.177 e. The van der Waals surface area contributed by atoms with E-state index in [4.69, 9.17) is 4.74 Å². The first-order chi connectivity index (χ1) is 6.40. The fourth-order valence-corrected chi connectivity index (χ4v) is 1.94. The first-order valence-corrected chi connectivity index (χ1v) is 4.66. The minimum Gasteiger partial charge on any atom is -0.381 e. The third kappa shape index (κ3) is 1.85. The summed E-state index contributed by atoms with van der Waals surface area (Å²) in [5, 5.41) is 14.1. The molecule has 13 heavy (non-hydrogen) atoms. The van der Waals surface area contributed by atoms with E-state index in [-0.39, 0.29) is 0 Å². The monoisotopic (exact) mass is 182 g/mol. The van der Waals surface area contributed by atoms with Crippen molar-refractivity contribution in [2.24, 2.45) is 0 Å². The summed E-state index contributed by atoms with van der Waals surface area (Å²) in [5.74, 6) is 1.26. The van der Waals surface area contributed by atoms with Gasteiger partial charge in [-0.1, -0.05) is 11.6 Å². The van der Waals surface area contributed by atoms with Gasteiger partial charge in [0.05, 0.1) is 6.10 Å². The maximum absolute atomic E-state index is 5.33. The summed E-state index contributed by atoms with van der Waals surface area (Å²) in [5.41, 5.74) is 0. The highest BCUT2D eigenvalue weighted by Crippen LogP contribution is 2.31. The molecular weight excluding hydrogens is 168 g/mol. The fourth-order valence-electron chi connectivity index (χ4n) is 1.94. The highest BCUT2D eigenvalue weighted by Gasteiger charge is 2.25. The summed E-state index contributed by atoms with van der Waals surface area (Å²) in [4.78, 5) is 0. The predicted octanol–water partition coefficient (Wildman–Crippen LogP) is 0.872. The van der Waals surface area contributed by atoms with Crippen LogP contribution in [0.2, 0.25) is 0 Å². The Balaban J connectivity index is 2.00. The van der Waals surface area contributed by atoms with Gasteiger partial charge in [0.15, 0.2) is 5.82 Å². The minimum absolute atomic E-state index is 0.372. The van der Waals surface area contributed by atoms with Crippen LogP contribution in [0.25, 0.3) is 0 Å². The van der Waals surface area contributed by atoms with E-state index in [0.717, 1.165) is 25.1 Å². The Morgan fingerprint density at radius 3 is 3.08 bits per heavy atom. The number of H-pyrrole nitrogens is 1. The van der Waals surface area contributed by atoms with Crippen molar-refractivity contribution in [1.82, 2.24) is 20.6 Å². The molecule has 0 amide bonds. The molecule has 0 radical (unpaired) electrons. The molecule has 0 bridgehead atoms. The fraction of sp³-hybridized carbons (Fsp3) is 0.875. The Bertz CT molecular complexity index is 249. The summed E-state index contributed by atoms with van der Waals surface area (Å²) in [7, 11) is 1.77. The van der Waals surface area contributed by atoms with Crippen LogP contribution in [0.3, 0.4) is 0 Å². The number of hydrogen-bond acceptors (Lipinski definition) is 4. The zero-order valence-electron chi connectivity index (χ0n) is 7.73. The average Bonchev–Trinajstić information content (AvgIpc) is 2.71. The number of ether oxygens (including phenoxy) is 1. The zero-order valence-corrected chi connectivity index (χ0v) is 7.73. The molecule has 0 saturated heterocycles. The number of nitrogens with zero attached hydrogens (tertiary/aromatic N) is 3. The molecule has 1 fully saturated rings. The number of aromatic amines is 1. The van der Waals surface area contributed by atoms with Crippen molar-refractivity contribution < 1.29 is 4.74 Å². The van der Waals surface area contributed by atoms with Crippen LogP contribution in [0.4, 0.5) is 0 Å². The Labute approximate surface area is 76.9 Å². The van der Waals surface area contributed by atoms with E-state index in [9.17, 15) is 0 Å². The average molecular weight is 182 g/mol. The van der Waals surface area contributed by atoms with Crippen LogP contribution in [0, 0.1) is 0 Å². The second-order valence-electron chi connectivity index (χ2n) is 3.49. The van der Waals surface area contributed by atoms with Crippen LogP contribution < -0.4 is 0 Å². The third-order valence-electron chi connectivity index (χ3n) is 2.69. The van der Waals surface area contributed by atoms with Gasteiger partial charge in [0.2, 0.25) is 0 Å². The van der Waals surface area contributed by atoms with Gasteiger partial charge in [0.1, 0.15) is 0 Å². The highest BCUT2D eigenvalue weighted by atomic mass is 16.5. The normalized spacial score (nSPS) is 29.0. The van der Waals surface area contributed by atoms with Crippen LogP contribution in [0.5, 0.6) is 0 Å². The molecule has 2 rings (SSSR count). The lowest BCUT2D eigenvalue weighted by atomic mass is 9.87. The number of hydrogen-bond donors (Lipinski definition) is 1. The number of aromatic nitrogens is 4. The lowest BCUT2D eigenvalue weighted by Gasteiger charge is -2.25. The van der Waals surface area contributed by atoms with Gasteiger partial charge in [-0.05, 0) is 19.3 Å². The summed E-state index contributed by atoms with van der Waals surface area (Å²) in [6.45, 7) is 0. The molecule has 72 valence electrons. The van der Waals surface area contributed by atoms with Gasteiger partial charge in [-0.25, -0.2) is 0 Å². The van der Waals surface area contributed by atoms with Crippen molar-refractivity contribution in [2.45, 2.75) is 37.7 Å². The Morgan fingerprint density at radius 1 is 1.46 bits per heavy atom. The summed E-state index contributed by atoms with van der Waals surface area (Å²) in [6.07, 6.45) is 4.90. The largest absolute Gasteiger partial charge is 0.381 e. The molecule has 1 N–H and O–H groups in total. The van der Waals surface area contributed by atoms with Gasteiger partial charge in [0, 0.05) is 13.0 Å². The summed E-state index contributed by atoms with van der Waals surface area (Å²) < 4.78 is 5.33. The molecule has 1 heterocycles. The van der Waals surface area contributed by atoms with Crippen molar-refractivity contribution in [3.05, 3.63) is 5.82 Å². The highest BCUT2D eigenvalue weighted by molar-refractivity contribution is 4.94. The van der Waals surface area contributed by atoms with E-state index in [1.165, 1.54) is 6.42 Å².